The molecule has 0 aliphatic rings. The Bertz CT molecular complexity index is 366. The average Bonchev–Trinajstić information content (AvgIpc) is 2.18. The molecule has 0 heterocycles. The molecular formula is C10H13BrN2O2. The number of anilines is 1. The topological polar surface area (TPSA) is 75.3 Å². The molecule has 0 saturated heterocycles. The van der Waals surface area contributed by atoms with Crippen LogP contribution >= 0.6 is 15.9 Å². The summed E-state index contributed by atoms with van der Waals surface area (Å²) in [6, 6.07) is 5.07. The molecule has 0 spiro atoms. The number of nitrogens with one attached hydrogen (secondary N) is 1. The Kier molecular flexibility index (Phi) is 4.11. The normalized spacial score (nSPS) is 12.2. The lowest BCUT2D eigenvalue weighted by atomic mass is 10.2. The molecule has 5 heteroatoms. The van der Waals surface area contributed by atoms with Crippen LogP contribution in [-0.2, 0) is 0 Å². The Balaban J connectivity index is 2.78. The van der Waals surface area contributed by atoms with Gasteiger partial charge in [-0.25, -0.2) is 0 Å². The van der Waals surface area contributed by atoms with E-state index in [-0.39, 0.29) is 12.5 Å². The number of aliphatic hydroxyl groups excluding tert-OH is 1. The maximum absolute atomic E-state index is 11.6. The number of rotatable bonds is 3. The number of nitrogens with two attached hydrogens (primary N) is 1. The van der Waals surface area contributed by atoms with Crippen molar-refractivity contribution >= 4 is 27.5 Å². The first-order valence-corrected chi connectivity index (χ1v) is 5.32. The summed E-state index contributed by atoms with van der Waals surface area (Å²) in [4.78, 5) is 11.6. The fourth-order valence-corrected chi connectivity index (χ4v) is 1.51. The fraction of sp³-hybridized carbons (Fsp3) is 0.300. The van der Waals surface area contributed by atoms with E-state index in [0.29, 0.717) is 15.7 Å². The standard InChI is InChI=1S/C10H13BrN2O2/c1-6(14)5-13-10(15)7-3-2-4-8(12)9(7)11/h2-4,6,14H,5,12H2,1H3,(H,13,15)/t6-/m1/s1. The van der Waals surface area contributed by atoms with Gasteiger partial charge < -0.3 is 16.2 Å². The monoisotopic (exact) mass is 272 g/mol. The number of hydrogen-bond acceptors (Lipinski definition) is 3. The third-order valence-corrected chi connectivity index (χ3v) is 2.72. The third kappa shape index (κ3) is 3.21. The molecule has 15 heavy (non-hydrogen) atoms. The molecule has 0 fully saturated rings. The highest BCUT2D eigenvalue weighted by Gasteiger charge is 2.11. The van der Waals surface area contributed by atoms with Crippen molar-refractivity contribution < 1.29 is 9.90 Å². The van der Waals surface area contributed by atoms with E-state index in [0.717, 1.165) is 0 Å². The Labute approximate surface area is 96.6 Å². The van der Waals surface area contributed by atoms with Crippen molar-refractivity contribution in [3.8, 4) is 0 Å². The first-order valence-electron chi connectivity index (χ1n) is 4.52. The van der Waals surface area contributed by atoms with Gasteiger partial charge in [0.25, 0.3) is 5.91 Å². The van der Waals surface area contributed by atoms with Crippen LogP contribution in [0.1, 0.15) is 17.3 Å². The maximum Gasteiger partial charge on any atom is 0.252 e. The molecule has 0 aliphatic heterocycles. The summed E-state index contributed by atoms with van der Waals surface area (Å²) in [5, 5.41) is 11.6. The number of benzene rings is 1. The Morgan fingerprint density at radius 3 is 2.93 bits per heavy atom. The number of carbonyl (C=O) groups excluding carboxylic acids is 1. The van der Waals surface area contributed by atoms with Crippen molar-refractivity contribution in [2.24, 2.45) is 0 Å². The molecule has 4 N–H and O–H groups in total. The van der Waals surface area contributed by atoms with Gasteiger partial charge in [0.15, 0.2) is 0 Å². The lowest BCUT2D eigenvalue weighted by Gasteiger charge is -2.09. The predicted octanol–water partition coefficient (Wildman–Crippen LogP) is 1.14. The van der Waals surface area contributed by atoms with Gasteiger partial charge >= 0.3 is 0 Å². The van der Waals surface area contributed by atoms with Gasteiger partial charge in [0, 0.05) is 12.2 Å². The molecule has 1 rings (SSSR count). The van der Waals surface area contributed by atoms with E-state index < -0.39 is 6.10 Å². The number of hydrogen-bond donors (Lipinski definition) is 3. The van der Waals surface area contributed by atoms with Gasteiger partial charge in [0.2, 0.25) is 0 Å². The van der Waals surface area contributed by atoms with Gasteiger partial charge in [-0.3, -0.25) is 4.79 Å². The smallest absolute Gasteiger partial charge is 0.252 e. The van der Waals surface area contributed by atoms with Crippen molar-refractivity contribution in [2.75, 3.05) is 12.3 Å². The van der Waals surface area contributed by atoms with E-state index in [1.165, 1.54) is 0 Å². The summed E-state index contributed by atoms with van der Waals surface area (Å²) in [5.41, 5.74) is 6.62. The van der Waals surface area contributed by atoms with Crippen molar-refractivity contribution in [2.45, 2.75) is 13.0 Å². The first kappa shape index (κ1) is 12.0. The Hall–Kier alpha value is -1.07. The van der Waals surface area contributed by atoms with Crippen LogP contribution in [0.4, 0.5) is 5.69 Å². The quantitative estimate of drug-likeness (QED) is 0.723. The first-order chi connectivity index (χ1) is 7.02. The van der Waals surface area contributed by atoms with E-state index >= 15 is 0 Å². The van der Waals surface area contributed by atoms with Crippen molar-refractivity contribution in [3.05, 3.63) is 28.2 Å². The van der Waals surface area contributed by atoms with Crippen LogP contribution in [0, 0.1) is 0 Å². The zero-order chi connectivity index (χ0) is 11.4. The molecule has 1 amide bonds. The molecule has 1 aromatic carbocycles. The average molecular weight is 273 g/mol. The van der Waals surface area contributed by atoms with Crippen LogP contribution in [0.3, 0.4) is 0 Å². The highest BCUT2D eigenvalue weighted by Crippen LogP contribution is 2.23. The molecule has 0 bridgehead atoms. The summed E-state index contributed by atoms with van der Waals surface area (Å²) in [7, 11) is 0. The van der Waals surface area contributed by atoms with Crippen molar-refractivity contribution in [1.82, 2.24) is 5.32 Å². The highest BCUT2D eigenvalue weighted by atomic mass is 79.9. The minimum atomic E-state index is -0.561. The summed E-state index contributed by atoms with van der Waals surface area (Å²) in [5.74, 6) is -0.255. The van der Waals surface area contributed by atoms with E-state index in [1.54, 1.807) is 25.1 Å². The largest absolute Gasteiger partial charge is 0.398 e. The van der Waals surface area contributed by atoms with E-state index in [9.17, 15) is 4.79 Å². The lowest BCUT2D eigenvalue weighted by molar-refractivity contribution is 0.0923. The molecule has 82 valence electrons. The second kappa shape index (κ2) is 5.14. The summed E-state index contributed by atoms with van der Waals surface area (Å²) < 4.78 is 0.577. The van der Waals surface area contributed by atoms with Gasteiger partial charge in [-0.15, -0.1) is 0 Å². The molecule has 0 aromatic heterocycles. The highest BCUT2D eigenvalue weighted by molar-refractivity contribution is 9.10. The maximum atomic E-state index is 11.6. The molecule has 1 aromatic rings. The Morgan fingerprint density at radius 2 is 2.33 bits per heavy atom. The second-order valence-electron chi connectivity index (χ2n) is 3.27. The number of nitrogen functional groups attached to an aromatic ring is 1. The number of halogens is 1. The molecule has 1 atom stereocenters. The molecule has 0 aliphatic carbocycles. The Morgan fingerprint density at radius 1 is 1.67 bits per heavy atom. The summed E-state index contributed by atoms with van der Waals surface area (Å²) >= 11 is 3.24. The lowest BCUT2D eigenvalue weighted by Crippen LogP contribution is -2.30. The van der Waals surface area contributed by atoms with Crippen LogP contribution in [0.2, 0.25) is 0 Å². The zero-order valence-electron chi connectivity index (χ0n) is 8.33. The number of aliphatic hydroxyl groups is 1. The fourth-order valence-electron chi connectivity index (χ4n) is 1.06. The van der Waals surface area contributed by atoms with Crippen LogP contribution in [-0.4, -0.2) is 23.7 Å². The van der Waals surface area contributed by atoms with E-state index in [2.05, 4.69) is 21.2 Å². The molecule has 0 unspecified atom stereocenters. The molecular weight excluding hydrogens is 260 g/mol. The van der Waals surface area contributed by atoms with Gasteiger partial charge in [-0.05, 0) is 35.0 Å². The SMILES string of the molecule is C[C@@H](O)CNC(=O)c1cccc(N)c1Br. The van der Waals surface area contributed by atoms with Crippen LogP contribution in [0.5, 0.6) is 0 Å². The number of amides is 1. The van der Waals surface area contributed by atoms with Gasteiger partial charge in [-0.2, -0.15) is 0 Å². The molecule has 0 saturated carbocycles. The van der Waals surface area contributed by atoms with E-state index in [4.69, 9.17) is 10.8 Å². The minimum absolute atomic E-state index is 0.222. The summed E-state index contributed by atoms with van der Waals surface area (Å²) in [6.45, 7) is 1.83. The molecule has 0 radical (unpaired) electrons. The van der Waals surface area contributed by atoms with Crippen molar-refractivity contribution in [3.63, 3.8) is 0 Å². The predicted molar refractivity (Wildman–Crippen MR) is 62.6 cm³/mol. The van der Waals surface area contributed by atoms with Gasteiger partial charge in [0.05, 0.1) is 16.1 Å². The van der Waals surface area contributed by atoms with Crippen LogP contribution in [0.25, 0.3) is 0 Å². The van der Waals surface area contributed by atoms with Gasteiger partial charge in [0.1, 0.15) is 0 Å². The van der Waals surface area contributed by atoms with Crippen LogP contribution < -0.4 is 11.1 Å². The van der Waals surface area contributed by atoms with E-state index in [1.807, 2.05) is 0 Å². The molecule has 4 nitrogen and oxygen atoms in total. The zero-order valence-corrected chi connectivity index (χ0v) is 9.91. The van der Waals surface area contributed by atoms with Gasteiger partial charge in [-0.1, -0.05) is 6.07 Å². The number of carbonyl (C=O) groups is 1. The summed E-state index contributed by atoms with van der Waals surface area (Å²) in [6.07, 6.45) is -0.561. The second-order valence-corrected chi connectivity index (χ2v) is 4.06. The van der Waals surface area contributed by atoms with Crippen LogP contribution in [0.15, 0.2) is 22.7 Å². The van der Waals surface area contributed by atoms with Crippen molar-refractivity contribution in [1.29, 1.82) is 0 Å². The minimum Gasteiger partial charge on any atom is -0.398 e. The third-order valence-electron chi connectivity index (χ3n) is 1.83.